The lowest BCUT2D eigenvalue weighted by Gasteiger charge is -2.27. The van der Waals surface area contributed by atoms with E-state index in [4.69, 9.17) is 11.6 Å². The minimum atomic E-state index is 0.0183. The third kappa shape index (κ3) is 4.81. The molecule has 1 amide bonds. The molecule has 4 heteroatoms. The van der Waals surface area contributed by atoms with Crippen molar-refractivity contribution in [2.24, 2.45) is 0 Å². The molecule has 0 atom stereocenters. The van der Waals surface area contributed by atoms with Gasteiger partial charge in [-0.15, -0.1) is 0 Å². The average molecular weight is 381 g/mol. The van der Waals surface area contributed by atoms with Crippen LogP contribution in [0.2, 0.25) is 5.02 Å². The second-order valence-electron chi connectivity index (χ2n) is 7.15. The fourth-order valence-electron chi connectivity index (χ4n) is 3.06. The summed E-state index contributed by atoms with van der Waals surface area (Å²) in [4.78, 5) is 14.9. The molecule has 0 aliphatic carbocycles. The summed E-state index contributed by atoms with van der Waals surface area (Å²) >= 11 is 5.95. The van der Waals surface area contributed by atoms with E-state index in [0.29, 0.717) is 17.1 Å². The summed E-state index contributed by atoms with van der Waals surface area (Å²) in [6.45, 7) is 7.54. The monoisotopic (exact) mass is 380 g/mol. The van der Waals surface area contributed by atoms with Crippen LogP contribution in [0.1, 0.15) is 41.0 Å². The molecular weight excluding hydrogens is 356 g/mol. The first-order valence-corrected chi connectivity index (χ1v) is 9.58. The third-order valence-corrected chi connectivity index (χ3v) is 4.96. The highest BCUT2D eigenvalue weighted by Gasteiger charge is 2.20. The Morgan fingerprint density at radius 2 is 1.70 bits per heavy atom. The van der Waals surface area contributed by atoms with E-state index in [1.165, 1.54) is 11.1 Å². The number of amides is 1. The van der Waals surface area contributed by atoms with Crippen LogP contribution in [0, 0.1) is 6.92 Å². The number of aromatic nitrogens is 1. The molecule has 0 spiro atoms. The lowest BCUT2D eigenvalue weighted by atomic mass is 10.1. The minimum Gasteiger partial charge on any atom is -0.345 e. The van der Waals surface area contributed by atoms with Gasteiger partial charge in [-0.3, -0.25) is 4.79 Å². The first kappa shape index (κ1) is 19.2. The van der Waals surface area contributed by atoms with Gasteiger partial charge in [-0.2, -0.15) is 0 Å². The molecule has 140 valence electrons. The summed E-state index contributed by atoms with van der Waals surface area (Å²) in [5.41, 5.74) is 4.28. The normalized spacial score (nSPS) is 11.0. The molecule has 0 fully saturated rings. The molecular formula is C23H25ClN2O. The Morgan fingerprint density at radius 3 is 2.33 bits per heavy atom. The Bertz CT molecular complexity index is 895. The molecule has 0 aliphatic rings. The van der Waals surface area contributed by atoms with Crippen LogP contribution >= 0.6 is 11.6 Å². The summed E-state index contributed by atoms with van der Waals surface area (Å²) in [7, 11) is 0. The van der Waals surface area contributed by atoms with Crippen LogP contribution in [0.4, 0.5) is 0 Å². The molecule has 27 heavy (non-hydrogen) atoms. The second kappa shape index (κ2) is 8.45. The van der Waals surface area contributed by atoms with Crippen molar-refractivity contribution in [1.82, 2.24) is 9.47 Å². The van der Waals surface area contributed by atoms with E-state index in [0.717, 1.165) is 12.2 Å². The summed E-state index contributed by atoms with van der Waals surface area (Å²) in [5, 5.41) is 0.634. The number of carbonyl (C=O) groups excluding carboxylic acids is 1. The molecule has 2 aromatic carbocycles. The van der Waals surface area contributed by atoms with Gasteiger partial charge in [-0.25, -0.2) is 0 Å². The first-order valence-electron chi connectivity index (χ1n) is 9.20. The number of carbonyl (C=O) groups is 1. The van der Waals surface area contributed by atoms with E-state index in [2.05, 4.69) is 48.0 Å². The molecule has 0 saturated carbocycles. The maximum Gasteiger partial charge on any atom is 0.254 e. The lowest BCUT2D eigenvalue weighted by Crippen LogP contribution is -2.37. The van der Waals surface area contributed by atoms with Crippen LogP contribution in [-0.4, -0.2) is 21.4 Å². The van der Waals surface area contributed by atoms with Gasteiger partial charge in [0.15, 0.2) is 0 Å². The van der Waals surface area contributed by atoms with Gasteiger partial charge in [0.25, 0.3) is 5.91 Å². The summed E-state index contributed by atoms with van der Waals surface area (Å²) in [6.07, 6.45) is 2.07. The quantitative estimate of drug-likeness (QED) is 0.550. The Labute approximate surface area is 166 Å². The smallest absolute Gasteiger partial charge is 0.254 e. The van der Waals surface area contributed by atoms with Crippen LogP contribution < -0.4 is 0 Å². The van der Waals surface area contributed by atoms with Crippen LogP contribution in [-0.2, 0) is 13.1 Å². The lowest BCUT2D eigenvalue weighted by molar-refractivity contribution is 0.0686. The topological polar surface area (TPSA) is 25.2 Å². The number of aryl methyl sites for hydroxylation is 1. The predicted octanol–water partition coefficient (Wildman–Crippen LogP) is 5.55. The highest BCUT2D eigenvalue weighted by atomic mass is 35.5. The van der Waals surface area contributed by atoms with Gasteiger partial charge in [0.1, 0.15) is 0 Å². The summed E-state index contributed by atoms with van der Waals surface area (Å²) in [5.74, 6) is 0.0183. The van der Waals surface area contributed by atoms with Crippen molar-refractivity contribution in [3.05, 3.63) is 94.3 Å². The molecule has 3 aromatic rings. The van der Waals surface area contributed by atoms with Crippen molar-refractivity contribution in [2.75, 3.05) is 0 Å². The Kier molecular flexibility index (Phi) is 6.02. The van der Waals surface area contributed by atoms with Gasteiger partial charge in [-0.05, 0) is 62.7 Å². The standard InChI is InChI=1S/C23H25ClN2O/c1-17(2)26(23(27)20-10-12-21(24)13-11-20)16-22-5-4-14-25(22)15-19-8-6-18(3)7-9-19/h4-14,17H,15-16H2,1-3H3. The van der Waals surface area contributed by atoms with Gasteiger partial charge in [0, 0.05) is 35.1 Å². The molecule has 0 bridgehead atoms. The van der Waals surface area contributed by atoms with Crippen molar-refractivity contribution in [3.8, 4) is 0 Å². The second-order valence-corrected chi connectivity index (χ2v) is 7.58. The van der Waals surface area contributed by atoms with Gasteiger partial charge >= 0.3 is 0 Å². The highest BCUT2D eigenvalue weighted by Crippen LogP contribution is 2.17. The first-order chi connectivity index (χ1) is 12.9. The molecule has 1 heterocycles. The number of nitrogens with zero attached hydrogens (tertiary/aromatic N) is 2. The number of hydrogen-bond donors (Lipinski definition) is 0. The van der Waals surface area contributed by atoms with Crippen LogP contribution in [0.25, 0.3) is 0 Å². The maximum absolute atomic E-state index is 13.0. The van der Waals surface area contributed by atoms with Gasteiger partial charge in [0.2, 0.25) is 0 Å². The van der Waals surface area contributed by atoms with Crippen LogP contribution in [0.15, 0.2) is 66.9 Å². The van der Waals surface area contributed by atoms with Crippen molar-refractivity contribution in [2.45, 2.75) is 39.9 Å². The largest absolute Gasteiger partial charge is 0.345 e. The van der Waals surface area contributed by atoms with E-state index in [1.807, 2.05) is 24.8 Å². The maximum atomic E-state index is 13.0. The molecule has 0 aliphatic heterocycles. The number of hydrogen-bond acceptors (Lipinski definition) is 1. The van der Waals surface area contributed by atoms with E-state index in [9.17, 15) is 4.79 Å². The predicted molar refractivity (Wildman–Crippen MR) is 111 cm³/mol. The van der Waals surface area contributed by atoms with Crippen molar-refractivity contribution < 1.29 is 4.79 Å². The van der Waals surface area contributed by atoms with E-state index in [-0.39, 0.29) is 11.9 Å². The molecule has 3 rings (SSSR count). The van der Waals surface area contributed by atoms with Crippen molar-refractivity contribution in [3.63, 3.8) is 0 Å². The molecule has 0 unspecified atom stereocenters. The number of benzene rings is 2. The molecule has 1 aromatic heterocycles. The van der Waals surface area contributed by atoms with E-state index >= 15 is 0 Å². The van der Waals surface area contributed by atoms with E-state index < -0.39 is 0 Å². The fourth-order valence-corrected chi connectivity index (χ4v) is 3.19. The van der Waals surface area contributed by atoms with Crippen LogP contribution in [0.5, 0.6) is 0 Å². The fraction of sp³-hybridized carbons (Fsp3) is 0.261. The SMILES string of the molecule is Cc1ccc(Cn2cccc2CN(C(=O)c2ccc(Cl)cc2)C(C)C)cc1. The number of halogens is 1. The molecule has 0 radical (unpaired) electrons. The third-order valence-electron chi connectivity index (χ3n) is 4.70. The average Bonchev–Trinajstić information content (AvgIpc) is 3.08. The minimum absolute atomic E-state index is 0.0183. The zero-order chi connectivity index (χ0) is 19.4. The van der Waals surface area contributed by atoms with Gasteiger partial charge in [-0.1, -0.05) is 41.4 Å². The Hall–Kier alpha value is -2.52. The van der Waals surface area contributed by atoms with Crippen molar-refractivity contribution in [1.29, 1.82) is 0 Å². The van der Waals surface area contributed by atoms with E-state index in [1.54, 1.807) is 24.3 Å². The van der Waals surface area contributed by atoms with Crippen LogP contribution in [0.3, 0.4) is 0 Å². The zero-order valence-corrected chi connectivity index (χ0v) is 16.8. The Balaban J connectivity index is 1.79. The summed E-state index contributed by atoms with van der Waals surface area (Å²) in [6, 6.07) is 19.9. The van der Waals surface area contributed by atoms with Gasteiger partial charge in [0.05, 0.1) is 6.54 Å². The van der Waals surface area contributed by atoms with Gasteiger partial charge < -0.3 is 9.47 Å². The zero-order valence-electron chi connectivity index (χ0n) is 16.0. The number of rotatable bonds is 6. The Morgan fingerprint density at radius 1 is 1.04 bits per heavy atom. The highest BCUT2D eigenvalue weighted by molar-refractivity contribution is 6.30. The molecule has 0 saturated heterocycles. The van der Waals surface area contributed by atoms with Crippen molar-refractivity contribution >= 4 is 17.5 Å². The summed E-state index contributed by atoms with van der Waals surface area (Å²) < 4.78 is 2.20. The molecule has 0 N–H and O–H groups in total. The molecule has 3 nitrogen and oxygen atoms in total.